The minimum atomic E-state index is -0.0267. The molecule has 0 saturated heterocycles. The Morgan fingerprint density at radius 3 is 2.71 bits per heavy atom. The van der Waals surface area contributed by atoms with E-state index in [0.29, 0.717) is 12.5 Å². The second kappa shape index (κ2) is 6.02. The van der Waals surface area contributed by atoms with E-state index in [1.165, 1.54) is 26.4 Å². The van der Waals surface area contributed by atoms with Gasteiger partial charge in [0, 0.05) is 6.54 Å². The van der Waals surface area contributed by atoms with E-state index in [0.717, 1.165) is 19.3 Å². The van der Waals surface area contributed by atoms with Gasteiger partial charge in [0.05, 0.1) is 13.0 Å². The summed E-state index contributed by atoms with van der Waals surface area (Å²) in [5.74, 6) is 0.774. The quantitative estimate of drug-likeness (QED) is 0.464. The van der Waals surface area contributed by atoms with Gasteiger partial charge in [-0.3, -0.25) is 10.5 Å². The van der Waals surface area contributed by atoms with Gasteiger partial charge in [-0.25, -0.2) is 0 Å². The summed E-state index contributed by atoms with van der Waals surface area (Å²) < 4.78 is 4.69. The molecule has 2 atom stereocenters. The molecule has 1 fully saturated rings. The second-order valence-electron chi connectivity index (χ2n) is 4.08. The van der Waals surface area contributed by atoms with Gasteiger partial charge in [-0.1, -0.05) is 19.3 Å². The molecule has 1 N–H and O–H groups in total. The molecule has 0 spiro atoms. The molecule has 1 rings (SSSR count). The number of hydrogen-bond donors (Lipinski definition) is 0. The van der Waals surface area contributed by atoms with Crippen molar-refractivity contribution < 1.29 is 9.53 Å². The predicted octanol–water partition coefficient (Wildman–Crippen LogP) is 2.03. The number of ether oxygens (including phenoxy) is 1. The highest BCUT2D eigenvalue weighted by Gasteiger charge is 2.42. The van der Waals surface area contributed by atoms with Crippen molar-refractivity contribution in [1.82, 2.24) is 5.73 Å². The maximum atomic E-state index is 11.1. The fourth-order valence-corrected chi connectivity index (χ4v) is 1.89. The summed E-state index contributed by atoms with van der Waals surface area (Å²) in [6, 6.07) is 0. The van der Waals surface area contributed by atoms with Crippen LogP contribution in [0.3, 0.4) is 0 Å². The number of nitrogens with one attached hydrogen (secondary N) is 1. The molecule has 0 aromatic heterocycles. The SMILES string of the molecule is COC(=O)C1CC1CCCCCC[NH]. The van der Waals surface area contributed by atoms with Crippen molar-refractivity contribution in [2.24, 2.45) is 11.8 Å². The standard InChI is InChI=1S/C11H20NO2/c1-14-11(13)10-8-9(10)6-4-2-3-5-7-12/h9-10,12H,2-8H2,1H3. The van der Waals surface area contributed by atoms with E-state index in [2.05, 4.69) is 4.74 Å². The molecule has 1 aliphatic rings. The highest BCUT2D eigenvalue weighted by Crippen LogP contribution is 2.43. The van der Waals surface area contributed by atoms with E-state index in [-0.39, 0.29) is 11.9 Å². The van der Waals surface area contributed by atoms with Crippen LogP contribution in [0, 0.1) is 11.8 Å². The fourth-order valence-electron chi connectivity index (χ4n) is 1.89. The first kappa shape index (κ1) is 11.5. The normalized spacial score (nSPS) is 24.7. The highest BCUT2D eigenvalue weighted by molar-refractivity contribution is 5.75. The first-order valence-electron chi connectivity index (χ1n) is 5.52. The number of esters is 1. The second-order valence-corrected chi connectivity index (χ2v) is 4.08. The summed E-state index contributed by atoms with van der Waals surface area (Å²) in [5, 5.41) is 0. The van der Waals surface area contributed by atoms with Gasteiger partial charge in [0.1, 0.15) is 0 Å². The molecule has 2 unspecified atom stereocenters. The summed E-state index contributed by atoms with van der Waals surface area (Å²) in [4.78, 5) is 11.1. The number of carbonyl (C=O) groups is 1. The Hall–Kier alpha value is -0.570. The van der Waals surface area contributed by atoms with Gasteiger partial charge in [-0.05, 0) is 25.2 Å². The van der Waals surface area contributed by atoms with Gasteiger partial charge in [0.25, 0.3) is 0 Å². The van der Waals surface area contributed by atoms with Gasteiger partial charge in [-0.15, -0.1) is 0 Å². The van der Waals surface area contributed by atoms with Crippen molar-refractivity contribution in [3.05, 3.63) is 0 Å². The van der Waals surface area contributed by atoms with E-state index in [9.17, 15) is 4.79 Å². The molecule has 1 radical (unpaired) electrons. The molecule has 1 aliphatic carbocycles. The molecule has 0 aliphatic heterocycles. The van der Waals surface area contributed by atoms with Crippen LogP contribution in [0.25, 0.3) is 0 Å². The van der Waals surface area contributed by atoms with Crippen LogP contribution in [0.15, 0.2) is 0 Å². The minimum Gasteiger partial charge on any atom is -0.469 e. The molecule has 1 saturated carbocycles. The lowest BCUT2D eigenvalue weighted by Gasteiger charge is -1.99. The lowest BCUT2D eigenvalue weighted by molar-refractivity contribution is -0.142. The third-order valence-corrected chi connectivity index (χ3v) is 2.93. The van der Waals surface area contributed by atoms with Crippen LogP contribution in [0.5, 0.6) is 0 Å². The summed E-state index contributed by atoms with van der Waals surface area (Å²) >= 11 is 0. The van der Waals surface area contributed by atoms with Crippen molar-refractivity contribution >= 4 is 5.97 Å². The largest absolute Gasteiger partial charge is 0.469 e. The highest BCUT2D eigenvalue weighted by atomic mass is 16.5. The Kier molecular flexibility index (Phi) is 4.94. The molecular formula is C11H20NO2. The number of carbonyl (C=O) groups excluding carboxylic acids is 1. The Labute approximate surface area is 86.0 Å². The van der Waals surface area contributed by atoms with Crippen molar-refractivity contribution in [3.8, 4) is 0 Å². The van der Waals surface area contributed by atoms with Crippen LogP contribution in [0.2, 0.25) is 0 Å². The summed E-state index contributed by atoms with van der Waals surface area (Å²) in [7, 11) is 1.46. The van der Waals surface area contributed by atoms with Gasteiger partial charge in [0.2, 0.25) is 0 Å². The van der Waals surface area contributed by atoms with Crippen LogP contribution < -0.4 is 5.73 Å². The number of hydrogen-bond acceptors (Lipinski definition) is 2. The maximum Gasteiger partial charge on any atom is 0.308 e. The third-order valence-electron chi connectivity index (χ3n) is 2.93. The van der Waals surface area contributed by atoms with Crippen LogP contribution in [-0.4, -0.2) is 19.6 Å². The predicted molar refractivity (Wildman–Crippen MR) is 54.7 cm³/mol. The summed E-state index contributed by atoms with van der Waals surface area (Å²) in [6.07, 6.45) is 6.80. The van der Waals surface area contributed by atoms with Gasteiger partial charge in [-0.2, -0.15) is 0 Å². The zero-order chi connectivity index (χ0) is 10.4. The topological polar surface area (TPSA) is 50.1 Å². The molecule has 0 heterocycles. The van der Waals surface area contributed by atoms with Crippen LogP contribution in [0.1, 0.15) is 38.5 Å². The van der Waals surface area contributed by atoms with E-state index in [1.54, 1.807) is 0 Å². The Morgan fingerprint density at radius 1 is 1.36 bits per heavy atom. The lowest BCUT2D eigenvalue weighted by atomic mass is 10.1. The average molecular weight is 198 g/mol. The molecule has 81 valence electrons. The smallest absolute Gasteiger partial charge is 0.308 e. The molecule has 0 bridgehead atoms. The first-order chi connectivity index (χ1) is 6.79. The Bertz CT molecular complexity index is 182. The van der Waals surface area contributed by atoms with Gasteiger partial charge >= 0.3 is 5.97 Å². The molecule has 14 heavy (non-hydrogen) atoms. The molecule has 3 nitrogen and oxygen atoms in total. The number of unbranched alkanes of at least 4 members (excludes halogenated alkanes) is 3. The van der Waals surface area contributed by atoms with Crippen molar-refractivity contribution in [3.63, 3.8) is 0 Å². The van der Waals surface area contributed by atoms with Crippen LogP contribution >= 0.6 is 0 Å². The van der Waals surface area contributed by atoms with E-state index in [4.69, 9.17) is 5.73 Å². The molecule has 0 aromatic carbocycles. The average Bonchev–Trinajstić information content (AvgIpc) is 2.96. The summed E-state index contributed by atoms with van der Waals surface area (Å²) in [5.41, 5.74) is 6.99. The van der Waals surface area contributed by atoms with Crippen LogP contribution in [0.4, 0.5) is 0 Å². The van der Waals surface area contributed by atoms with Gasteiger partial charge < -0.3 is 4.74 Å². The van der Waals surface area contributed by atoms with Crippen molar-refractivity contribution in [2.45, 2.75) is 38.5 Å². The summed E-state index contributed by atoms with van der Waals surface area (Å²) in [6.45, 7) is 0.550. The molecule has 0 aromatic rings. The van der Waals surface area contributed by atoms with E-state index < -0.39 is 0 Å². The zero-order valence-corrected chi connectivity index (χ0v) is 8.92. The number of methoxy groups -OCH3 is 1. The third kappa shape index (κ3) is 3.66. The monoisotopic (exact) mass is 198 g/mol. The number of rotatable bonds is 7. The molecular weight excluding hydrogens is 178 g/mol. The van der Waals surface area contributed by atoms with Crippen molar-refractivity contribution in [2.75, 3.05) is 13.7 Å². The molecule has 3 heteroatoms. The Morgan fingerprint density at radius 2 is 2.07 bits per heavy atom. The van der Waals surface area contributed by atoms with E-state index >= 15 is 0 Å². The lowest BCUT2D eigenvalue weighted by Crippen LogP contribution is -2.04. The maximum absolute atomic E-state index is 11.1. The molecule has 0 amide bonds. The van der Waals surface area contributed by atoms with E-state index in [1.807, 2.05) is 0 Å². The Balaban J connectivity index is 1.93. The van der Waals surface area contributed by atoms with Crippen molar-refractivity contribution in [1.29, 1.82) is 0 Å². The minimum absolute atomic E-state index is 0.0267. The van der Waals surface area contributed by atoms with Gasteiger partial charge in [0.15, 0.2) is 0 Å². The first-order valence-corrected chi connectivity index (χ1v) is 5.52. The van der Waals surface area contributed by atoms with Crippen LogP contribution in [-0.2, 0) is 9.53 Å². The fraction of sp³-hybridized carbons (Fsp3) is 0.909. The zero-order valence-electron chi connectivity index (χ0n) is 8.92.